The molecule has 138 valence electrons. The maximum atomic E-state index is 13.4. The molecule has 0 bridgehead atoms. The Kier molecular flexibility index (Phi) is 4.96. The molecule has 2 aromatic carbocycles. The van der Waals surface area contributed by atoms with Crippen LogP contribution in [0, 0.1) is 5.92 Å². The van der Waals surface area contributed by atoms with Crippen LogP contribution in [0.25, 0.3) is 0 Å². The summed E-state index contributed by atoms with van der Waals surface area (Å²) in [6, 6.07) is 19.2. The highest BCUT2D eigenvalue weighted by Gasteiger charge is 2.48. The number of rotatable bonds is 4. The maximum absolute atomic E-state index is 13.4. The minimum absolute atomic E-state index is 0.0865. The summed E-state index contributed by atoms with van der Waals surface area (Å²) in [5.74, 6) is 0.353. The zero-order valence-corrected chi connectivity index (χ0v) is 16.8. The predicted octanol–water partition coefficient (Wildman–Crippen LogP) is 5.94. The molecule has 0 spiro atoms. The van der Waals surface area contributed by atoms with Crippen molar-refractivity contribution in [3.63, 3.8) is 0 Å². The summed E-state index contributed by atoms with van der Waals surface area (Å²) < 4.78 is 0. The number of para-hydroxylation sites is 1. The van der Waals surface area contributed by atoms with E-state index in [0.717, 1.165) is 24.9 Å². The number of benzene rings is 2. The van der Waals surface area contributed by atoms with Crippen molar-refractivity contribution >= 4 is 11.6 Å². The van der Waals surface area contributed by atoms with E-state index < -0.39 is 0 Å². The first kappa shape index (κ1) is 18.7. The van der Waals surface area contributed by atoms with Crippen LogP contribution < -0.4 is 4.90 Å². The lowest BCUT2D eigenvalue weighted by molar-refractivity contribution is -0.124. The second-order valence-corrected chi connectivity index (χ2v) is 8.39. The van der Waals surface area contributed by atoms with E-state index in [4.69, 9.17) is 0 Å². The van der Waals surface area contributed by atoms with E-state index in [1.54, 1.807) is 0 Å². The van der Waals surface area contributed by atoms with Gasteiger partial charge in [0.2, 0.25) is 5.91 Å². The Labute approximate surface area is 158 Å². The topological polar surface area (TPSA) is 20.3 Å². The lowest BCUT2D eigenvalue weighted by atomic mass is 9.65. The largest absolute Gasteiger partial charge is 0.306 e. The quantitative estimate of drug-likeness (QED) is 0.668. The molecule has 0 fully saturated rings. The van der Waals surface area contributed by atoms with Crippen molar-refractivity contribution in [2.24, 2.45) is 5.92 Å². The number of carbonyl (C=O) groups is 1. The van der Waals surface area contributed by atoms with Gasteiger partial charge in [0.15, 0.2) is 0 Å². The normalized spacial score (nSPS) is 21.5. The lowest BCUT2D eigenvalue weighted by Crippen LogP contribution is -2.57. The minimum Gasteiger partial charge on any atom is -0.306 e. The van der Waals surface area contributed by atoms with Crippen LogP contribution in [-0.4, -0.2) is 11.4 Å². The molecule has 1 heterocycles. The third-order valence-corrected chi connectivity index (χ3v) is 6.10. The van der Waals surface area contributed by atoms with Gasteiger partial charge >= 0.3 is 0 Å². The Morgan fingerprint density at radius 3 is 2.15 bits per heavy atom. The number of fused-ring (bicyclic) bond motifs is 1. The van der Waals surface area contributed by atoms with Crippen molar-refractivity contribution in [2.45, 2.75) is 64.8 Å². The van der Waals surface area contributed by atoms with Crippen LogP contribution in [0.4, 0.5) is 5.69 Å². The zero-order chi connectivity index (χ0) is 18.9. The average molecular weight is 350 g/mol. The zero-order valence-electron chi connectivity index (χ0n) is 16.8. The minimum atomic E-state index is -0.237. The summed E-state index contributed by atoms with van der Waals surface area (Å²) >= 11 is 0. The second kappa shape index (κ2) is 6.90. The fourth-order valence-corrected chi connectivity index (χ4v) is 4.80. The molecule has 1 amide bonds. The molecule has 1 aliphatic rings. The predicted molar refractivity (Wildman–Crippen MR) is 110 cm³/mol. The standard InChI is InChI=1S/C24H31NO/c1-6-18(7-2)22(26)25-21-16-12-11-15-20(21)24(5,17-23(25,3)4)19-13-9-8-10-14-19/h8-16,18H,6-7,17H2,1-5H3. The SMILES string of the molecule is CCC(CC)C(=O)N1c2ccccc2C(C)(c2ccccc2)CC1(C)C. The van der Waals surface area contributed by atoms with Crippen LogP contribution in [0.1, 0.15) is 65.0 Å². The smallest absolute Gasteiger partial charge is 0.230 e. The highest BCUT2D eigenvalue weighted by molar-refractivity contribution is 5.98. The molecular weight excluding hydrogens is 318 g/mol. The van der Waals surface area contributed by atoms with E-state index in [1.165, 1.54) is 11.1 Å². The van der Waals surface area contributed by atoms with Crippen molar-refractivity contribution in [1.29, 1.82) is 0 Å². The molecule has 1 atom stereocenters. The van der Waals surface area contributed by atoms with Gasteiger partial charge in [-0.1, -0.05) is 69.3 Å². The molecule has 26 heavy (non-hydrogen) atoms. The highest BCUT2D eigenvalue weighted by atomic mass is 16.2. The van der Waals surface area contributed by atoms with E-state index in [0.29, 0.717) is 0 Å². The van der Waals surface area contributed by atoms with Crippen LogP contribution in [0.3, 0.4) is 0 Å². The van der Waals surface area contributed by atoms with Gasteiger partial charge in [-0.15, -0.1) is 0 Å². The van der Waals surface area contributed by atoms with Gasteiger partial charge in [-0.2, -0.15) is 0 Å². The molecule has 2 nitrogen and oxygen atoms in total. The second-order valence-electron chi connectivity index (χ2n) is 8.39. The number of carbonyl (C=O) groups excluding carboxylic acids is 1. The van der Waals surface area contributed by atoms with Gasteiger partial charge in [0.05, 0.1) is 0 Å². The summed E-state index contributed by atoms with van der Waals surface area (Å²) in [6.45, 7) is 11.0. The Bertz CT molecular complexity index is 776. The Hall–Kier alpha value is -2.09. The van der Waals surface area contributed by atoms with Crippen molar-refractivity contribution in [1.82, 2.24) is 0 Å². The highest BCUT2D eigenvalue weighted by Crippen LogP contribution is 2.50. The van der Waals surface area contributed by atoms with Crippen LogP contribution >= 0.6 is 0 Å². The fourth-order valence-electron chi connectivity index (χ4n) is 4.80. The van der Waals surface area contributed by atoms with Crippen LogP contribution in [0.15, 0.2) is 54.6 Å². The number of hydrogen-bond donors (Lipinski definition) is 0. The molecule has 0 aromatic heterocycles. The van der Waals surface area contributed by atoms with Gasteiger partial charge in [-0.25, -0.2) is 0 Å². The molecule has 1 aliphatic heterocycles. The van der Waals surface area contributed by atoms with E-state index in [-0.39, 0.29) is 22.8 Å². The first-order chi connectivity index (χ1) is 12.3. The average Bonchev–Trinajstić information content (AvgIpc) is 2.63. The van der Waals surface area contributed by atoms with Gasteiger partial charge in [-0.05, 0) is 50.3 Å². The van der Waals surface area contributed by atoms with Gasteiger partial charge in [0, 0.05) is 22.6 Å². The number of anilines is 1. The summed E-state index contributed by atoms with van der Waals surface area (Å²) in [5, 5.41) is 0. The number of hydrogen-bond acceptors (Lipinski definition) is 1. The monoisotopic (exact) mass is 349 g/mol. The third-order valence-electron chi connectivity index (χ3n) is 6.10. The Balaban J connectivity index is 2.18. The van der Waals surface area contributed by atoms with Crippen LogP contribution in [0.2, 0.25) is 0 Å². The summed E-state index contributed by atoms with van der Waals surface area (Å²) in [4.78, 5) is 15.5. The Morgan fingerprint density at radius 2 is 1.54 bits per heavy atom. The molecular formula is C24H31NO. The first-order valence-corrected chi connectivity index (χ1v) is 9.84. The van der Waals surface area contributed by atoms with Gasteiger partial charge in [0.25, 0.3) is 0 Å². The molecule has 2 aromatic rings. The molecule has 1 unspecified atom stereocenters. The molecule has 0 aliphatic carbocycles. The first-order valence-electron chi connectivity index (χ1n) is 9.84. The molecule has 0 saturated carbocycles. The molecule has 0 N–H and O–H groups in total. The van der Waals surface area contributed by atoms with Crippen LogP contribution in [0.5, 0.6) is 0 Å². The van der Waals surface area contributed by atoms with Gasteiger partial charge in [0.1, 0.15) is 0 Å². The summed E-state index contributed by atoms with van der Waals surface area (Å²) in [5.41, 5.74) is 3.30. The van der Waals surface area contributed by atoms with E-state index >= 15 is 0 Å². The third kappa shape index (κ3) is 2.96. The van der Waals surface area contributed by atoms with Crippen molar-refractivity contribution in [3.05, 3.63) is 65.7 Å². The summed E-state index contributed by atoms with van der Waals surface area (Å²) in [7, 11) is 0. The Morgan fingerprint density at radius 1 is 0.962 bits per heavy atom. The van der Waals surface area contributed by atoms with Gasteiger partial charge < -0.3 is 4.90 Å². The van der Waals surface area contributed by atoms with Crippen molar-refractivity contribution < 1.29 is 4.79 Å². The van der Waals surface area contributed by atoms with E-state index in [1.807, 2.05) is 0 Å². The molecule has 3 rings (SSSR count). The maximum Gasteiger partial charge on any atom is 0.230 e. The van der Waals surface area contributed by atoms with E-state index in [9.17, 15) is 4.79 Å². The summed E-state index contributed by atoms with van der Waals surface area (Å²) in [6.07, 6.45) is 2.69. The van der Waals surface area contributed by atoms with E-state index in [2.05, 4.69) is 94.1 Å². The van der Waals surface area contributed by atoms with Crippen LogP contribution in [-0.2, 0) is 10.2 Å². The number of amides is 1. The fraction of sp³-hybridized carbons (Fsp3) is 0.458. The molecule has 0 saturated heterocycles. The van der Waals surface area contributed by atoms with Crippen molar-refractivity contribution in [2.75, 3.05) is 4.90 Å². The molecule has 2 heteroatoms. The molecule has 0 radical (unpaired) electrons. The lowest BCUT2D eigenvalue weighted by Gasteiger charge is -2.52. The van der Waals surface area contributed by atoms with Gasteiger partial charge in [-0.3, -0.25) is 4.79 Å². The number of nitrogens with zero attached hydrogens (tertiary/aromatic N) is 1. The van der Waals surface area contributed by atoms with Crippen molar-refractivity contribution in [3.8, 4) is 0 Å².